The molecule has 0 bridgehead atoms. The Labute approximate surface area is 186 Å². The van der Waals surface area contributed by atoms with Crippen molar-refractivity contribution < 1.29 is 23.1 Å². The number of hydrogen-bond donors (Lipinski definition) is 3. The topological polar surface area (TPSA) is 131 Å². The summed E-state index contributed by atoms with van der Waals surface area (Å²) >= 11 is 1.47. The van der Waals surface area contributed by atoms with Crippen LogP contribution in [0.5, 0.6) is 0 Å². The second-order valence-corrected chi connectivity index (χ2v) is 7.59. The van der Waals surface area contributed by atoms with Crippen LogP contribution in [0, 0.1) is 11.8 Å². The number of nitrogens with zero attached hydrogens (tertiary/aromatic N) is 5. The number of anilines is 1. The molecule has 176 valence electrons. The number of nitrogens with two attached hydrogens (primary N) is 1. The van der Waals surface area contributed by atoms with Crippen LogP contribution in [0.4, 0.5) is 19.1 Å². The number of carbonyl (C=O) groups is 1. The zero-order chi connectivity index (χ0) is 23.9. The number of carboxylic acids is 1. The van der Waals surface area contributed by atoms with Crippen molar-refractivity contribution in [1.29, 1.82) is 0 Å². The van der Waals surface area contributed by atoms with Gasteiger partial charge in [-0.2, -0.15) is 18.2 Å². The van der Waals surface area contributed by atoms with E-state index in [0.29, 0.717) is 35.2 Å². The molecule has 1 saturated heterocycles. The SMILES string of the molecule is CC#CCn1c(N2CCNCC2)nc2nc(SCCN)n(C)c(=O)c21.O=C(O)C(F)(F)F. The van der Waals surface area contributed by atoms with E-state index in [1.54, 1.807) is 18.5 Å². The second kappa shape index (κ2) is 11.2. The Balaban J connectivity index is 0.000000451. The molecule has 1 aliphatic rings. The molecule has 3 heterocycles. The van der Waals surface area contributed by atoms with Crippen molar-refractivity contribution in [3.8, 4) is 11.8 Å². The summed E-state index contributed by atoms with van der Waals surface area (Å²) in [4.78, 5) is 33.3. The van der Waals surface area contributed by atoms with Crippen LogP contribution in [-0.4, -0.2) is 74.8 Å². The van der Waals surface area contributed by atoms with Crippen molar-refractivity contribution >= 4 is 34.8 Å². The molecule has 10 nitrogen and oxygen atoms in total. The van der Waals surface area contributed by atoms with E-state index in [0.717, 1.165) is 32.1 Å². The fourth-order valence-electron chi connectivity index (χ4n) is 2.82. The Kier molecular flexibility index (Phi) is 8.93. The number of halogens is 3. The first-order chi connectivity index (χ1) is 15.1. The maximum absolute atomic E-state index is 12.9. The van der Waals surface area contributed by atoms with E-state index in [9.17, 15) is 18.0 Å². The first kappa shape index (κ1) is 25.5. The lowest BCUT2D eigenvalue weighted by atomic mass is 10.4. The summed E-state index contributed by atoms with van der Waals surface area (Å²) in [5.74, 6) is 4.67. The molecule has 0 saturated carbocycles. The van der Waals surface area contributed by atoms with E-state index in [-0.39, 0.29) is 5.56 Å². The van der Waals surface area contributed by atoms with Crippen LogP contribution < -0.4 is 21.5 Å². The molecular weight excluding hydrogens is 451 g/mol. The highest BCUT2D eigenvalue weighted by molar-refractivity contribution is 7.99. The number of rotatable bonds is 5. The third-order valence-electron chi connectivity index (χ3n) is 4.33. The van der Waals surface area contributed by atoms with Crippen LogP contribution in [0.2, 0.25) is 0 Å². The van der Waals surface area contributed by atoms with Crippen molar-refractivity contribution in [2.75, 3.05) is 43.4 Å². The molecule has 32 heavy (non-hydrogen) atoms. The van der Waals surface area contributed by atoms with Gasteiger partial charge in [0.1, 0.15) is 0 Å². The number of aliphatic carboxylic acids is 1. The Bertz CT molecular complexity index is 1070. The number of fused-ring (bicyclic) bond motifs is 1. The van der Waals surface area contributed by atoms with Crippen LogP contribution in [0.1, 0.15) is 6.92 Å². The number of aromatic nitrogens is 4. The van der Waals surface area contributed by atoms with Gasteiger partial charge in [0.05, 0.1) is 6.54 Å². The molecule has 2 aromatic rings. The first-order valence-corrected chi connectivity index (χ1v) is 10.6. The fourth-order valence-corrected chi connectivity index (χ4v) is 3.55. The third-order valence-corrected chi connectivity index (χ3v) is 5.39. The molecule has 1 aliphatic heterocycles. The molecule has 0 aliphatic carbocycles. The Morgan fingerprint density at radius 1 is 1.31 bits per heavy atom. The van der Waals surface area contributed by atoms with Gasteiger partial charge in [-0.1, -0.05) is 17.7 Å². The summed E-state index contributed by atoms with van der Waals surface area (Å²) in [6.45, 7) is 6.23. The Morgan fingerprint density at radius 2 is 1.94 bits per heavy atom. The van der Waals surface area contributed by atoms with Gasteiger partial charge in [0, 0.05) is 45.5 Å². The maximum atomic E-state index is 12.9. The average Bonchev–Trinajstić information content (AvgIpc) is 3.12. The average molecular weight is 475 g/mol. The predicted molar refractivity (Wildman–Crippen MR) is 115 cm³/mol. The highest BCUT2D eigenvalue weighted by atomic mass is 32.2. The van der Waals surface area contributed by atoms with Gasteiger partial charge in [0.15, 0.2) is 16.3 Å². The summed E-state index contributed by atoms with van der Waals surface area (Å²) in [7, 11) is 1.74. The minimum Gasteiger partial charge on any atom is -0.475 e. The van der Waals surface area contributed by atoms with E-state index in [2.05, 4.69) is 32.0 Å². The monoisotopic (exact) mass is 475 g/mol. The van der Waals surface area contributed by atoms with Crippen molar-refractivity contribution in [2.24, 2.45) is 12.8 Å². The van der Waals surface area contributed by atoms with Gasteiger partial charge in [-0.25, -0.2) is 9.78 Å². The molecule has 0 amide bonds. The number of imidazole rings is 1. The molecule has 14 heteroatoms. The quantitative estimate of drug-likeness (QED) is 0.316. The van der Waals surface area contributed by atoms with Gasteiger partial charge in [-0.05, 0) is 6.92 Å². The Hall–Kier alpha value is -2.76. The zero-order valence-electron chi connectivity index (χ0n) is 17.6. The normalized spacial score (nSPS) is 13.9. The fraction of sp³-hybridized carbons (Fsp3) is 0.556. The molecule has 0 unspecified atom stereocenters. The van der Waals surface area contributed by atoms with E-state index in [1.165, 1.54) is 11.8 Å². The predicted octanol–water partition coefficient (Wildman–Crippen LogP) is 0.247. The second-order valence-electron chi connectivity index (χ2n) is 6.53. The van der Waals surface area contributed by atoms with E-state index >= 15 is 0 Å². The number of alkyl halides is 3. The van der Waals surface area contributed by atoms with E-state index in [1.807, 2.05) is 4.57 Å². The largest absolute Gasteiger partial charge is 0.490 e. The van der Waals surface area contributed by atoms with Crippen molar-refractivity contribution in [1.82, 2.24) is 24.4 Å². The summed E-state index contributed by atoms with van der Waals surface area (Å²) in [5.41, 5.74) is 6.46. The van der Waals surface area contributed by atoms with Crippen LogP contribution in [0.15, 0.2) is 9.95 Å². The van der Waals surface area contributed by atoms with Crippen molar-refractivity contribution in [3.63, 3.8) is 0 Å². The number of thioether (sulfide) groups is 1. The van der Waals surface area contributed by atoms with Gasteiger partial charge >= 0.3 is 12.1 Å². The van der Waals surface area contributed by atoms with Crippen molar-refractivity contribution in [2.45, 2.75) is 24.8 Å². The number of hydrogen-bond acceptors (Lipinski definition) is 8. The van der Waals surface area contributed by atoms with Gasteiger partial charge in [0.25, 0.3) is 5.56 Å². The van der Waals surface area contributed by atoms with Crippen LogP contribution in [-0.2, 0) is 18.4 Å². The van der Waals surface area contributed by atoms with Crippen LogP contribution in [0.3, 0.4) is 0 Å². The summed E-state index contributed by atoms with van der Waals surface area (Å²) < 4.78 is 35.2. The molecule has 0 atom stereocenters. The molecule has 4 N–H and O–H groups in total. The highest BCUT2D eigenvalue weighted by Crippen LogP contribution is 2.22. The lowest BCUT2D eigenvalue weighted by Gasteiger charge is -2.28. The maximum Gasteiger partial charge on any atom is 0.490 e. The molecule has 0 spiro atoms. The Morgan fingerprint density at radius 3 is 2.47 bits per heavy atom. The number of carboxylic acid groups (broad SMARTS) is 1. The van der Waals surface area contributed by atoms with Gasteiger partial charge in [0.2, 0.25) is 5.95 Å². The molecule has 0 aromatic carbocycles. The first-order valence-electron chi connectivity index (χ1n) is 9.57. The van der Waals surface area contributed by atoms with Crippen molar-refractivity contribution in [3.05, 3.63) is 10.4 Å². The van der Waals surface area contributed by atoms with Gasteiger partial charge < -0.3 is 21.1 Å². The highest BCUT2D eigenvalue weighted by Gasteiger charge is 2.38. The van der Waals surface area contributed by atoms with E-state index < -0.39 is 12.1 Å². The standard InChI is InChI=1S/C16H23N7OS.C2HF3O2/c1-3-4-8-23-12-13(19-15(23)22-9-6-18-7-10-22)20-16(25-11-5-17)21(2)14(12)24;3-2(4,5)1(6)7/h18H,5-11,17H2,1-2H3;(H,6,7). The lowest BCUT2D eigenvalue weighted by molar-refractivity contribution is -0.192. The third kappa shape index (κ3) is 6.15. The minimum atomic E-state index is -5.08. The minimum absolute atomic E-state index is 0.101. The molecule has 2 aromatic heterocycles. The number of nitrogens with one attached hydrogen (secondary N) is 1. The smallest absolute Gasteiger partial charge is 0.475 e. The number of piperazine rings is 1. The van der Waals surface area contributed by atoms with Crippen LogP contribution in [0.25, 0.3) is 11.2 Å². The summed E-state index contributed by atoms with van der Waals surface area (Å²) in [6.07, 6.45) is -5.08. The lowest BCUT2D eigenvalue weighted by Crippen LogP contribution is -2.44. The molecule has 1 fully saturated rings. The van der Waals surface area contributed by atoms with Crippen LogP contribution >= 0.6 is 11.8 Å². The van der Waals surface area contributed by atoms with Gasteiger partial charge in [-0.15, -0.1) is 5.92 Å². The molecule has 3 rings (SSSR count). The molecular formula is C18H24F3N7O3S. The zero-order valence-corrected chi connectivity index (χ0v) is 18.4. The summed E-state index contributed by atoms with van der Waals surface area (Å²) in [6, 6.07) is 0. The van der Waals surface area contributed by atoms with Gasteiger partial charge in [-0.3, -0.25) is 13.9 Å². The van der Waals surface area contributed by atoms with E-state index in [4.69, 9.17) is 15.6 Å². The molecule has 0 radical (unpaired) electrons. The summed E-state index contributed by atoms with van der Waals surface area (Å²) in [5, 5.41) is 11.1.